The van der Waals surface area contributed by atoms with Gasteiger partial charge in [-0.3, -0.25) is 4.90 Å². The van der Waals surface area contributed by atoms with Gasteiger partial charge in [0.1, 0.15) is 5.60 Å². The third-order valence-electron chi connectivity index (χ3n) is 3.50. The van der Waals surface area contributed by atoms with Crippen molar-refractivity contribution < 1.29 is 9.53 Å². The van der Waals surface area contributed by atoms with Crippen LogP contribution in [0.3, 0.4) is 0 Å². The zero-order valence-electron chi connectivity index (χ0n) is 13.8. The Morgan fingerprint density at radius 2 is 1.77 bits per heavy atom. The van der Waals surface area contributed by atoms with Gasteiger partial charge in [-0.2, -0.15) is 0 Å². The van der Waals surface area contributed by atoms with Crippen LogP contribution in [0, 0.1) is 0 Å². The maximum absolute atomic E-state index is 12.0. The van der Waals surface area contributed by atoms with Gasteiger partial charge in [0.05, 0.1) is 0 Å². The van der Waals surface area contributed by atoms with Crippen LogP contribution in [0.4, 0.5) is 4.79 Å². The Bertz CT molecular complexity index is 498. The number of rotatable bonds is 3. The standard InChI is InChI=1S/C18H26N2O2/c1-18(2,3)22-17(21)20-14-12-19(13-15-20)11-7-10-16-8-5-4-6-9-16/h4-10H,11-15H2,1-3H3/b10-7-. The van der Waals surface area contributed by atoms with Crippen molar-refractivity contribution in [1.82, 2.24) is 9.80 Å². The average molecular weight is 302 g/mol. The van der Waals surface area contributed by atoms with Crippen molar-refractivity contribution in [3.8, 4) is 0 Å². The van der Waals surface area contributed by atoms with Crippen LogP contribution in [0.1, 0.15) is 26.3 Å². The van der Waals surface area contributed by atoms with Gasteiger partial charge in [-0.15, -0.1) is 0 Å². The molecule has 0 bridgehead atoms. The average Bonchev–Trinajstić information content (AvgIpc) is 2.47. The summed E-state index contributed by atoms with van der Waals surface area (Å²) < 4.78 is 5.41. The molecule has 0 aromatic heterocycles. The summed E-state index contributed by atoms with van der Waals surface area (Å²) in [6.45, 7) is 9.84. The summed E-state index contributed by atoms with van der Waals surface area (Å²) in [5.74, 6) is 0. The molecule has 1 aliphatic heterocycles. The van der Waals surface area contributed by atoms with Crippen molar-refractivity contribution in [3.05, 3.63) is 42.0 Å². The molecule has 1 saturated heterocycles. The van der Waals surface area contributed by atoms with Crippen LogP contribution >= 0.6 is 0 Å². The SMILES string of the molecule is CC(C)(C)OC(=O)N1CCN(C/C=C\c2ccccc2)CC1. The van der Waals surface area contributed by atoms with Gasteiger partial charge in [0.25, 0.3) is 0 Å². The molecular weight excluding hydrogens is 276 g/mol. The number of carbonyl (C=O) groups is 1. The van der Waals surface area contributed by atoms with E-state index in [0.717, 1.165) is 32.7 Å². The summed E-state index contributed by atoms with van der Waals surface area (Å²) in [4.78, 5) is 16.1. The van der Waals surface area contributed by atoms with Gasteiger partial charge in [0.15, 0.2) is 0 Å². The maximum atomic E-state index is 12.0. The minimum absolute atomic E-state index is 0.202. The summed E-state index contributed by atoms with van der Waals surface area (Å²) in [5.41, 5.74) is 0.794. The van der Waals surface area contributed by atoms with Crippen LogP contribution in [0.25, 0.3) is 6.08 Å². The molecule has 0 radical (unpaired) electrons. The molecule has 1 fully saturated rings. The number of benzene rings is 1. The van der Waals surface area contributed by atoms with E-state index in [-0.39, 0.29) is 6.09 Å². The summed E-state index contributed by atoms with van der Waals surface area (Å²) >= 11 is 0. The smallest absolute Gasteiger partial charge is 0.410 e. The first-order valence-electron chi connectivity index (χ1n) is 7.86. The zero-order valence-corrected chi connectivity index (χ0v) is 13.8. The van der Waals surface area contributed by atoms with Gasteiger partial charge in [0, 0.05) is 32.7 Å². The first-order valence-corrected chi connectivity index (χ1v) is 7.86. The van der Waals surface area contributed by atoms with Crippen molar-refractivity contribution in [2.45, 2.75) is 26.4 Å². The van der Waals surface area contributed by atoms with Crippen LogP contribution in [0.5, 0.6) is 0 Å². The second kappa shape index (κ2) is 7.45. The van der Waals surface area contributed by atoms with E-state index < -0.39 is 5.60 Å². The van der Waals surface area contributed by atoms with E-state index in [1.54, 1.807) is 4.90 Å². The predicted octanol–water partition coefficient (Wildman–Crippen LogP) is 3.25. The molecule has 1 aliphatic rings. The Hall–Kier alpha value is -1.81. The normalized spacial score (nSPS) is 17.0. The molecule has 4 heteroatoms. The Kier molecular flexibility index (Phi) is 5.61. The molecule has 1 heterocycles. The highest BCUT2D eigenvalue weighted by atomic mass is 16.6. The lowest BCUT2D eigenvalue weighted by molar-refractivity contribution is 0.0154. The number of nitrogens with zero attached hydrogens (tertiary/aromatic N) is 2. The van der Waals surface area contributed by atoms with Crippen molar-refractivity contribution in [2.75, 3.05) is 32.7 Å². The van der Waals surface area contributed by atoms with Crippen LogP contribution < -0.4 is 0 Å². The van der Waals surface area contributed by atoms with E-state index in [2.05, 4.69) is 29.2 Å². The third kappa shape index (κ3) is 5.53. The number of amides is 1. The number of hydrogen-bond acceptors (Lipinski definition) is 3. The molecule has 0 unspecified atom stereocenters. The first kappa shape index (κ1) is 16.6. The molecule has 0 aliphatic carbocycles. The molecule has 0 saturated carbocycles. The molecule has 120 valence electrons. The molecule has 1 amide bonds. The molecule has 0 spiro atoms. The van der Waals surface area contributed by atoms with Crippen molar-refractivity contribution >= 4 is 12.2 Å². The molecular formula is C18H26N2O2. The molecule has 1 aromatic carbocycles. The fourth-order valence-electron chi connectivity index (χ4n) is 2.34. The van der Waals surface area contributed by atoms with Gasteiger partial charge in [-0.05, 0) is 26.3 Å². The monoisotopic (exact) mass is 302 g/mol. The summed E-state index contributed by atoms with van der Waals surface area (Å²) in [6, 6.07) is 10.3. The Balaban J connectivity index is 1.73. The van der Waals surface area contributed by atoms with Crippen LogP contribution in [-0.2, 0) is 4.74 Å². The predicted molar refractivity (Wildman–Crippen MR) is 89.7 cm³/mol. The van der Waals surface area contributed by atoms with Crippen molar-refractivity contribution in [2.24, 2.45) is 0 Å². The lowest BCUT2D eigenvalue weighted by Gasteiger charge is -2.35. The number of hydrogen-bond donors (Lipinski definition) is 0. The fourth-order valence-corrected chi connectivity index (χ4v) is 2.34. The fraction of sp³-hybridized carbons (Fsp3) is 0.500. The molecule has 22 heavy (non-hydrogen) atoms. The van der Waals surface area contributed by atoms with E-state index >= 15 is 0 Å². The summed E-state index contributed by atoms with van der Waals surface area (Å²) in [6.07, 6.45) is 4.12. The van der Waals surface area contributed by atoms with E-state index in [0.29, 0.717) is 0 Å². The highest BCUT2D eigenvalue weighted by Gasteiger charge is 2.25. The van der Waals surface area contributed by atoms with Crippen LogP contribution in [-0.4, -0.2) is 54.2 Å². The first-order chi connectivity index (χ1) is 10.4. The van der Waals surface area contributed by atoms with Gasteiger partial charge in [-0.25, -0.2) is 4.79 Å². The summed E-state index contributed by atoms with van der Waals surface area (Å²) in [7, 11) is 0. The molecule has 4 nitrogen and oxygen atoms in total. The maximum Gasteiger partial charge on any atom is 0.410 e. The topological polar surface area (TPSA) is 32.8 Å². The van der Waals surface area contributed by atoms with Crippen molar-refractivity contribution in [1.29, 1.82) is 0 Å². The molecule has 2 rings (SSSR count). The van der Waals surface area contributed by atoms with E-state index in [1.165, 1.54) is 5.56 Å². The Morgan fingerprint density at radius 1 is 1.14 bits per heavy atom. The lowest BCUT2D eigenvalue weighted by atomic mass is 10.2. The minimum Gasteiger partial charge on any atom is -0.444 e. The highest BCUT2D eigenvalue weighted by molar-refractivity contribution is 5.68. The number of piperazine rings is 1. The molecule has 0 atom stereocenters. The second-order valence-electron chi connectivity index (χ2n) is 6.58. The van der Waals surface area contributed by atoms with Gasteiger partial charge >= 0.3 is 6.09 Å². The number of ether oxygens (including phenoxy) is 1. The van der Waals surface area contributed by atoms with E-state index in [9.17, 15) is 4.79 Å². The van der Waals surface area contributed by atoms with Crippen molar-refractivity contribution in [3.63, 3.8) is 0 Å². The summed E-state index contributed by atoms with van der Waals surface area (Å²) in [5, 5.41) is 0. The second-order valence-corrected chi connectivity index (χ2v) is 6.58. The highest BCUT2D eigenvalue weighted by Crippen LogP contribution is 2.12. The van der Waals surface area contributed by atoms with Crippen LogP contribution in [0.2, 0.25) is 0 Å². The largest absolute Gasteiger partial charge is 0.444 e. The Labute approximate surface area is 133 Å². The lowest BCUT2D eigenvalue weighted by Crippen LogP contribution is -2.49. The minimum atomic E-state index is -0.424. The Morgan fingerprint density at radius 3 is 2.36 bits per heavy atom. The van der Waals surface area contributed by atoms with E-state index in [4.69, 9.17) is 4.74 Å². The molecule has 0 N–H and O–H groups in total. The zero-order chi connectivity index (χ0) is 16.0. The van der Waals surface area contributed by atoms with Gasteiger partial charge in [-0.1, -0.05) is 42.5 Å². The third-order valence-corrected chi connectivity index (χ3v) is 3.50. The van der Waals surface area contributed by atoms with Gasteiger partial charge in [0.2, 0.25) is 0 Å². The van der Waals surface area contributed by atoms with Crippen LogP contribution in [0.15, 0.2) is 36.4 Å². The molecule has 1 aromatic rings. The van der Waals surface area contributed by atoms with Gasteiger partial charge < -0.3 is 9.64 Å². The van der Waals surface area contributed by atoms with E-state index in [1.807, 2.05) is 39.0 Å². The number of carbonyl (C=O) groups excluding carboxylic acids is 1. The quantitative estimate of drug-likeness (QED) is 0.859.